The Bertz CT molecular complexity index is 868. The minimum absolute atomic E-state index is 0.0254. The molecule has 6 heteroatoms. The highest BCUT2D eigenvalue weighted by atomic mass is 79.9. The van der Waals surface area contributed by atoms with Crippen molar-refractivity contribution in [2.45, 2.75) is 13.8 Å². The van der Waals surface area contributed by atoms with Crippen LogP contribution in [-0.4, -0.2) is 24.1 Å². The highest BCUT2D eigenvalue weighted by Crippen LogP contribution is 2.27. The number of nitrogens with one attached hydrogen (secondary N) is 1. The molecule has 0 bridgehead atoms. The number of amides is 1. The van der Waals surface area contributed by atoms with E-state index in [0.717, 1.165) is 23.2 Å². The van der Waals surface area contributed by atoms with Crippen LogP contribution in [0.15, 0.2) is 52.5 Å². The largest absolute Gasteiger partial charge is 0.507 e. The summed E-state index contributed by atoms with van der Waals surface area (Å²) in [5.41, 5.74) is 1.80. The van der Waals surface area contributed by atoms with E-state index in [4.69, 9.17) is 0 Å². The second-order valence-corrected chi connectivity index (χ2v) is 6.47. The lowest BCUT2D eigenvalue weighted by Crippen LogP contribution is -2.21. The topological polar surface area (TPSA) is 76.4 Å². The molecule has 0 fully saturated rings. The van der Waals surface area contributed by atoms with Gasteiger partial charge < -0.3 is 15.3 Å². The zero-order chi connectivity index (χ0) is 19.1. The average molecular weight is 414 g/mol. The van der Waals surface area contributed by atoms with Crippen LogP contribution in [0.2, 0.25) is 0 Å². The van der Waals surface area contributed by atoms with E-state index >= 15 is 0 Å². The Hall–Kier alpha value is -2.78. The van der Waals surface area contributed by atoms with Crippen molar-refractivity contribution in [3.8, 4) is 11.8 Å². The molecule has 26 heavy (non-hydrogen) atoms. The zero-order valence-electron chi connectivity index (χ0n) is 14.7. The van der Waals surface area contributed by atoms with Crippen LogP contribution in [0.4, 0.5) is 11.4 Å². The first-order chi connectivity index (χ1) is 12.5. The molecule has 0 heterocycles. The number of anilines is 2. The lowest BCUT2D eigenvalue weighted by molar-refractivity contribution is -0.112. The number of hydrogen-bond acceptors (Lipinski definition) is 4. The maximum atomic E-state index is 12.3. The van der Waals surface area contributed by atoms with Gasteiger partial charge in [-0.25, -0.2) is 0 Å². The Morgan fingerprint density at radius 1 is 1.27 bits per heavy atom. The molecule has 0 saturated carbocycles. The molecule has 0 saturated heterocycles. The lowest BCUT2D eigenvalue weighted by atomic mass is 10.1. The molecule has 0 atom stereocenters. The number of rotatable bonds is 6. The van der Waals surface area contributed by atoms with Crippen molar-refractivity contribution in [1.29, 1.82) is 5.26 Å². The van der Waals surface area contributed by atoms with Gasteiger partial charge in [0.25, 0.3) is 5.91 Å². The van der Waals surface area contributed by atoms with E-state index in [-0.39, 0.29) is 11.3 Å². The molecular weight excluding hydrogens is 394 g/mol. The zero-order valence-corrected chi connectivity index (χ0v) is 16.2. The number of aromatic hydroxyl groups is 1. The number of benzene rings is 2. The minimum atomic E-state index is -0.530. The maximum Gasteiger partial charge on any atom is 0.266 e. The molecule has 5 nitrogen and oxygen atoms in total. The summed E-state index contributed by atoms with van der Waals surface area (Å²) in [6, 6.07) is 14.2. The number of hydrogen-bond donors (Lipinski definition) is 2. The van der Waals surface area contributed by atoms with Crippen LogP contribution in [0.5, 0.6) is 5.75 Å². The van der Waals surface area contributed by atoms with Crippen molar-refractivity contribution >= 4 is 39.3 Å². The van der Waals surface area contributed by atoms with Gasteiger partial charge >= 0.3 is 0 Å². The van der Waals surface area contributed by atoms with Gasteiger partial charge in [0.05, 0.1) is 0 Å². The summed E-state index contributed by atoms with van der Waals surface area (Å²) >= 11 is 3.33. The molecule has 0 aliphatic heterocycles. The number of nitriles is 1. The van der Waals surface area contributed by atoms with Crippen molar-refractivity contribution in [2.24, 2.45) is 0 Å². The number of phenolic OH excluding ortho intramolecular Hbond substituents is 1. The van der Waals surface area contributed by atoms with Crippen LogP contribution in [0.3, 0.4) is 0 Å². The molecule has 2 aromatic rings. The summed E-state index contributed by atoms with van der Waals surface area (Å²) in [5.74, 6) is -0.504. The highest BCUT2D eigenvalue weighted by molar-refractivity contribution is 9.10. The second kappa shape index (κ2) is 9.07. The highest BCUT2D eigenvalue weighted by Gasteiger charge is 2.12. The number of halogens is 1. The molecule has 0 aromatic heterocycles. The molecule has 1 amide bonds. The van der Waals surface area contributed by atoms with E-state index in [1.165, 1.54) is 6.08 Å². The Labute approximate surface area is 161 Å². The lowest BCUT2D eigenvalue weighted by Gasteiger charge is -2.21. The summed E-state index contributed by atoms with van der Waals surface area (Å²) in [6.07, 6.45) is 1.38. The van der Waals surface area contributed by atoms with E-state index < -0.39 is 5.91 Å². The van der Waals surface area contributed by atoms with Crippen molar-refractivity contribution in [1.82, 2.24) is 0 Å². The summed E-state index contributed by atoms with van der Waals surface area (Å²) < 4.78 is 0.822. The maximum absolute atomic E-state index is 12.3. The smallest absolute Gasteiger partial charge is 0.266 e. The average Bonchev–Trinajstić information content (AvgIpc) is 2.62. The van der Waals surface area contributed by atoms with Crippen molar-refractivity contribution in [2.75, 3.05) is 23.3 Å². The van der Waals surface area contributed by atoms with Crippen LogP contribution >= 0.6 is 15.9 Å². The molecule has 2 aromatic carbocycles. The van der Waals surface area contributed by atoms with E-state index in [1.807, 2.05) is 32.0 Å². The molecule has 0 spiro atoms. The Balaban J connectivity index is 2.25. The third-order valence-electron chi connectivity index (χ3n) is 3.89. The third kappa shape index (κ3) is 4.87. The van der Waals surface area contributed by atoms with E-state index in [9.17, 15) is 15.2 Å². The van der Waals surface area contributed by atoms with Gasteiger partial charge in [0.1, 0.15) is 17.4 Å². The number of carbonyl (C=O) groups excluding carboxylic acids is 1. The van der Waals surface area contributed by atoms with Gasteiger partial charge in [-0.2, -0.15) is 5.26 Å². The first-order valence-electron chi connectivity index (χ1n) is 8.25. The van der Waals surface area contributed by atoms with Gasteiger partial charge in [0, 0.05) is 40.6 Å². The van der Waals surface area contributed by atoms with Gasteiger partial charge in [-0.1, -0.05) is 22.0 Å². The molecule has 2 N–H and O–H groups in total. The van der Waals surface area contributed by atoms with Gasteiger partial charge in [0.2, 0.25) is 0 Å². The van der Waals surface area contributed by atoms with E-state index in [0.29, 0.717) is 11.3 Å². The summed E-state index contributed by atoms with van der Waals surface area (Å²) in [7, 11) is 0. The normalized spacial score (nSPS) is 10.9. The molecule has 0 radical (unpaired) electrons. The molecule has 0 unspecified atom stereocenters. The number of carbonyl (C=O) groups is 1. The van der Waals surface area contributed by atoms with Crippen molar-refractivity contribution < 1.29 is 9.90 Å². The molecule has 0 aliphatic carbocycles. The quantitative estimate of drug-likeness (QED) is 0.537. The Morgan fingerprint density at radius 3 is 2.58 bits per heavy atom. The standard InChI is InChI=1S/C20H20BrN3O2/c1-3-24(4-2)18-9-8-14(19(25)12-18)10-15(13-22)20(26)23-17-7-5-6-16(21)11-17/h5-12,25H,3-4H2,1-2H3,(H,23,26). The molecule has 2 rings (SSSR count). The van der Waals surface area contributed by atoms with Crippen LogP contribution < -0.4 is 10.2 Å². The Kier molecular flexibility index (Phi) is 6.81. The summed E-state index contributed by atoms with van der Waals surface area (Å²) in [5, 5.41) is 22.3. The van der Waals surface area contributed by atoms with Gasteiger partial charge in [-0.05, 0) is 50.3 Å². The first-order valence-corrected chi connectivity index (χ1v) is 9.04. The summed E-state index contributed by atoms with van der Waals surface area (Å²) in [4.78, 5) is 14.4. The SMILES string of the molecule is CCN(CC)c1ccc(C=C(C#N)C(=O)Nc2cccc(Br)c2)c(O)c1. The predicted octanol–water partition coefficient (Wildman–Crippen LogP) is 4.55. The van der Waals surface area contributed by atoms with Crippen LogP contribution in [-0.2, 0) is 4.79 Å². The second-order valence-electron chi connectivity index (χ2n) is 5.55. The minimum Gasteiger partial charge on any atom is -0.507 e. The van der Waals surface area contributed by atoms with Gasteiger partial charge in [-0.15, -0.1) is 0 Å². The van der Waals surface area contributed by atoms with Crippen LogP contribution in [0, 0.1) is 11.3 Å². The summed E-state index contributed by atoms with van der Waals surface area (Å²) in [6.45, 7) is 5.72. The predicted molar refractivity (Wildman–Crippen MR) is 108 cm³/mol. The number of phenols is 1. The van der Waals surface area contributed by atoms with Crippen molar-refractivity contribution in [3.63, 3.8) is 0 Å². The fourth-order valence-corrected chi connectivity index (χ4v) is 2.91. The molecule has 0 aliphatic rings. The third-order valence-corrected chi connectivity index (χ3v) is 4.38. The molecule has 134 valence electrons. The monoisotopic (exact) mass is 413 g/mol. The van der Waals surface area contributed by atoms with E-state index in [1.54, 1.807) is 30.3 Å². The fraction of sp³-hybridized carbons (Fsp3) is 0.200. The fourth-order valence-electron chi connectivity index (χ4n) is 2.51. The van der Waals surface area contributed by atoms with Crippen LogP contribution in [0.25, 0.3) is 6.08 Å². The first kappa shape index (κ1) is 19.5. The Morgan fingerprint density at radius 2 is 2.00 bits per heavy atom. The van der Waals surface area contributed by atoms with Gasteiger partial charge in [-0.3, -0.25) is 4.79 Å². The molecular formula is C20H20BrN3O2. The van der Waals surface area contributed by atoms with Crippen molar-refractivity contribution in [3.05, 3.63) is 58.1 Å². The van der Waals surface area contributed by atoms with Gasteiger partial charge in [0.15, 0.2) is 0 Å². The van der Waals surface area contributed by atoms with Crippen LogP contribution in [0.1, 0.15) is 19.4 Å². The van der Waals surface area contributed by atoms with E-state index in [2.05, 4.69) is 26.1 Å². The number of nitrogens with zero attached hydrogens (tertiary/aromatic N) is 2.